The second kappa shape index (κ2) is 8.79. The fourth-order valence-electron chi connectivity index (χ4n) is 3.35. The number of unbranched alkanes of at least 4 members (excludes halogenated alkanes) is 5. The second-order valence-corrected chi connectivity index (χ2v) is 7.14. The van der Waals surface area contributed by atoms with Crippen molar-refractivity contribution in [3.05, 3.63) is 12.2 Å². The van der Waals surface area contributed by atoms with Crippen LogP contribution in [0.4, 0.5) is 0 Å². The average molecular weight is 266 g/mol. The standard InChI is InChI=1S/C18H34O/c1-4-5-6-7-8-9-10-11-16-12-13-18(2,3)14-17(16)15-19/h10-11,16-17,19H,4-9,12-15H2,1-3H3. The van der Waals surface area contributed by atoms with E-state index >= 15 is 0 Å². The van der Waals surface area contributed by atoms with Gasteiger partial charge in [-0.25, -0.2) is 0 Å². The summed E-state index contributed by atoms with van der Waals surface area (Å²) in [6.07, 6.45) is 16.5. The molecule has 0 aromatic carbocycles. The van der Waals surface area contributed by atoms with Crippen molar-refractivity contribution < 1.29 is 5.11 Å². The molecule has 19 heavy (non-hydrogen) atoms. The lowest BCUT2D eigenvalue weighted by Crippen LogP contribution is -2.31. The Bertz CT molecular complexity index is 254. The molecule has 1 N–H and O–H groups in total. The molecule has 1 nitrogen and oxygen atoms in total. The van der Waals surface area contributed by atoms with Crippen LogP contribution in [0.3, 0.4) is 0 Å². The van der Waals surface area contributed by atoms with Gasteiger partial charge in [-0.3, -0.25) is 0 Å². The van der Waals surface area contributed by atoms with Crippen LogP contribution in [-0.4, -0.2) is 11.7 Å². The van der Waals surface area contributed by atoms with E-state index in [4.69, 9.17) is 0 Å². The van der Waals surface area contributed by atoms with Gasteiger partial charge in [-0.15, -0.1) is 0 Å². The van der Waals surface area contributed by atoms with Gasteiger partial charge in [0.15, 0.2) is 0 Å². The number of hydrogen-bond donors (Lipinski definition) is 1. The highest BCUT2D eigenvalue weighted by Crippen LogP contribution is 2.42. The van der Waals surface area contributed by atoms with E-state index in [-0.39, 0.29) is 0 Å². The Balaban J connectivity index is 2.23. The molecule has 2 unspecified atom stereocenters. The van der Waals surface area contributed by atoms with E-state index in [9.17, 15) is 5.11 Å². The van der Waals surface area contributed by atoms with Crippen LogP contribution in [0.1, 0.15) is 78.6 Å². The molecule has 1 saturated carbocycles. The van der Waals surface area contributed by atoms with E-state index in [2.05, 4.69) is 32.9 Å². The Morgan fingerprint density at radius 2 is 1.89 bits per heavy atom. The molecular weight excluding hydrogens is 232 g/mol. The lowest BCUT2D eigenvalue weighted by molar-refractivity contribution is 0.0877. The Morgan fingerprint density at radius 3 is 2.58 bits per heavy atom. The predicted molar refractivity (Wildman–Crippen MR) is 84.2 cm³/mol. The molecule has 1 aliphatic rings. The highest BCUT2D eigenvalue weighted by molar-refractivity contribution is 4.96. The number of hydrogen-bond acceptors (Lipinski definition) is 1. The van der Waals surface area contributed by atoms with Gasteiger partial charge in [0.05, 0.1) is 0 Å². The number of allylic oxidation sites excluding steroid dienone is 2. The predicted octanol–water partition coefficient (Wildman–Crippen LogP) is 5.34. The van der Waals surface area contributed by atoms with Crippen LogP contribution in [0.25, 0.3) is 0 Å². The maximum Gasteiger partial charge on any atom is 0.0465 e. The SMILES string of the molecule is CCCCCCCC=CC1CCC(C)(C)CC1CO. The summed E-state index contributed by atoms with van der Waals surface area (Å²) in [6, 6.07) is 0. The summed E-state index contributed by atoms with van der Waals surface area (Å²) in [6.45, 7) is 7.29. The van der Waals surface area contributed by atoms with Crippen molar-refractivity contribution in [1.82, 2.24) is 0 Å². The van der Waals surface area contributed by atoms with Crippen LogP contribution < -0.4 is 0 Å². The number of aliphatic hydroxyl groups is 1. The quantitative estimate of drug-likeness (QED) is 0.464. The smallest absolute Gasteiger partial charge is 0.0465 e. The highest BCUT2D eigenvalue weighted by atomic mass is 16.3. The fourth-order valence-corrected chi connectivity index (χ4v) is 3.35. The van der Waals surface area contributed by atoms with Gasteiger partial charge < -0.3 is 5.11 Å². The van der Waals surface area contributed by atoms with E-state index in [0.29, 0.717) is 23.9 Å². The third-order valence-electron chi connectivity index (χ3n) is 4.67. The minimum Gasteiger partial charge on any atom is -0.396 e. The van der Waals surface area contributed by atoms with Crippen LogP contribution >= 0.6 is 0 Å². The summed E-state index contributed by atoms with van der Waals surface area (Å²) in [5.41, 5.74) is 0.428. The first-order chi connectivity index (χ1) is 9.09. The summed E-state index contributed by atoms with van der Waals surface area (Å²) >= 11 is 0. The molecule has 0 spiro atoms. The first kappa shape index (κ1) is 16.8. The van der Waals surface area contributed by atoms with Gasteiger partial charge in [-0.05, 0) is 49.4 Å². The lowest BCUT2D eigenvalue weighted by Gasteiger charge is -2.39. The van der Waals surface area contributed by atoms with Gasteiger partial charge in [0, 0.05) is 6.61 Å². The molecule has 0 radical (unpaired) electrons. The van der Waals surface area contributed by atoms with E-state index in [1.54, 1.807) is 0 Å². The van der Waals surface area contributed by atoms with Crippen LogP contribution in [0.5, 0.6) is 0 Å². The number of rotatable bonds is 8. The van der Waals surface area contributed by atoms with Crippen molar-refractivity contribution in [1.29, 1.82) is 0 Å². The third-order valence-corrected chi connectivity index (χ3v) is 4.67. The molecule has 1 fully saturated rings. The van der Waals surface area contributed by atoms with Crippen molar-refractivity contribution in [2.24, 2.45) is 17.3 Å². The van der Waals surface area contributed by atoms with Crippen molar-refractivity contribution in [2.75, 3.05) is 6.61 Å². The first-order valence-electron chi connectivity index (χ1n) is 8.36. The first-order valence-corrected chi connectivity index (χ1v) is 8.36. The average Bonchev–Trinajstić information content (AvgIpc) is 2.38. The molecule has 0 aromatic rings. The van der Waals surface area contributed by atoms with Crippen molar-refractivity contribution in [3.8, 4) is 0 Å². The molecule has 0 bridgehead atoms. The van der Waals surface area contributed by atoms with Crippen molar-refractivity contribution >= 4 is 0 Å². The van der Waals surface area contributed by atoms with Gasteiger partial charge in [-0.1, -0.05) is 58.6 Å². The number of aliphatic hydroxyl groups excluding tert-OH is 1. The van der Waals surface area contributed by atoms with E-state index in [1.807, 2.05) is 0 Å². The molecule has 0 heterocycles. The Kier molecular flexibility index (Phi) is 7.75. The molecule has 0 amide bonds. The van der Waals surface area contributed by atoms with Gasteiger partial charge in [0.1, 0.15) is 0 Å². The minimum atomic E-state index is 0.356. The fraction of sp³-hybridized carbons (Fsp3) is 0.889. The molecule has 0 aliphatic heterocycles. The second-order valence-electron chi connectivity index (χ2n) is 7.14. The summed E-state index contributed by atoms with van der Waals surface area (Å²) < 4.78 is 0. The van der Waals surface area contributed by atoms with Crippen molar-refractivity contribution in [3.63, 3.8) is 0 Å². The molecule has 1 heteroatoms. The third kappa shape index (κ3) is 6.61. The molecule has 1 rings (SSSR count). The van der Waals surface area contributed by atoms with E-state index in [1.165, 1.54) is 57.8 Å². The molecule has 0 aromatic heterocycles. The van der Waals surface area contributed by atoms with Gasteiger partial charge in [-0.2, -0.15) is 0 Å². The zero-order valence-corrected chi connectivity index (χ0v) is 13.3. The summed E-state index contributed by atoms with van der Waals surface area (Å²) in [5, 5.41) is 9.56. The van der Waals surface area contributed by atoms with Crippen LogP contribution in [0, 0.1) is 17.3 Å². The lowest BCUT2D eigenvalue weighted by atomic mass is 9.67. The van der Waals surface area contributed by atoms with E-state index in [0.717, 1.165) is 0 Å². The van der Waals surface area contributed by atoms with Gasteiger partial charge >= 0.3 is 0 Å². The maximum absolute atomic E-state index is 9.56. The zero-order chi connectivity index (χ0) is 14.1. The van der Waals surface area contributed by atoms with E-state index < -0.39 is 0 Å². The Morgan fingerprint density at radius 1 is 1.16 bits per heavy atom. The molecular formula is C18H34O. The van der Waals surface area contributed by atoms with Crippen molar-refractivity contribution in [2.45, 2.75) is 78.6 Å². The Labute approximate surface area is 120 Å². The topological polar surface area (TPSA) is 20.2 Å². The van der Waals surface area contributed by atoms with Gasteiger partial charge in [0.2, 0.25) is 0 Å². The summed E-state index contributed by atoms with van der Waals surface area (Å²) in [4.78, 5) is 0. The monoisotopic (exact) mass is 266 g/mol. The minimum absolute atomic E-state index is 0.356. The van der Waals surface area contributed by atoms with Gasteiger partial charge in [0.25, 0.3) is 0 Å². The molecule has 112 valence electrons. The maximum atomic E-state index is 9.56. The largest absolute Gasteiger partial charge is 0.396 e. The van der Waals surface area contributed by atoms with Crippen LogP contribution in [0.15, 0.2) is 12.2 Å². The molecule has 1 aliphatic carbocycles. The summed E-state index contributed by atoms with van der Waals surface area (Å²) in [5.74, 6) is 1.11. The molecule has 2 atom stereocenters. The molecule has 0 saturated heterocycles. The zero-order valence-electron chi connectivity index (χ0n) is 13.3. The highest BCUT2D eigenvalue weighted by Gasteiger charge is 2.32. The normalized spacial score (nSPS) is 26.9. The summed E-state index contributed by atoms with van der Waals surface area (Å²) in [7, 11) is 0. The van der Waals surface area contributed by atoms with Crippen LogP contribution in [-0.2, 0) is 0 Å². The Hall–Kier alpha value is -0.300. The van der Waals surface area contributed by atoms with Crippen LogP contribution in [0.2, 0.25) is 0 Å².